The molecule has 0 radical (unpaired) electrons. The Hall–Kier alpha value is -2.63. The molecule has 1 amide bonds. The molecule has 0 spiro atoms. The number of fused-ring (bicyclic) bond motifs is 1. The van der Waals surface area contributed by atoms with Gasteiger partial charge in [-0.15, -0.1) is 0 Å². The number of hydrogen-bond acceptors (Lipinski definition) is 4. The summed E-state index contributed by atoms with van der Waals surface area (Å²) in [5.41, 5.74) is 2.78. The molecule has 0 aliphatic carbocycles. The highest BCUT2D eigenvalue weighted by Crippen LogP contribution is 2.30. The third kappa shape index (κ3) is 3.96. The average Bonchev–Trinajstić information content (AvgIpc) is 2.74. The Kier molecular flexibility index (Phi) is 5.46. The van der Waals surface area contributed by atoms with Crippen LogP contribution in [-0.4, -0.2) is 34.2 Å². The maximum atomic E-state index is 12.4. The molecule has 0 saturated carbocycles. The number of aliphatic hydroxyl groups is 1. The fraction of sp³-hybridized carbons (Fsp3) is 0.273. The molecule has 1 atom stereocenters. The van der Waals surface area contributed by atoms with Crippen LogP contribution in [0.2, 0.25) is 5.02 Å². The Balaban J connectivity index is 1.68. The van der Waals surface area contributed by atoms with E-state index in [4.69, 9.17) is 16.3 Å². The van der Waals surface area contributed by atoms with Crippen molar-refractivity contribution in [2.75, 3.05) is 13.1 Å². The SMILES string of the molecule is O=C(O[C@@H](O)c1cc(-c2ccc(Cl)cc2)nc2ccccc12)N1CCCCC1. The lowest BCUT2D eigenvalue weighted by atomic mass is 10.0. The van der Waals surface area contributed by atoms with Crippen molar-refractivity contribution in [3.63, 3.8) is 0 Å². The Labute approximate surface area is 168 Å². The standard InChI is InChI=1S/C22H21ClN2O3/c23-16-10-8-15(9-11-16)20-14-18(17-6-2-3-7-19(17)24-20)21(26)28-22(27)25-12-4-1-5-13-25/h2-3,6-11,14,21,26H,1,4-5,12-13H2/t21-/m1/s1. The van der Waals surface area contributed by atoms with Crippen molar-refractivity contribution < 1.29 is 14.6 Å². The number of rotatable bonds is 3. The molecule has 1 fully saturated rings. The summed E-state index contributed by atoms with van der Waals surface area (Å²) in [5, 5.41) is 12.1. The Morgan fingerprint density at radius 1 is 1.07 bits per heavy atom. The molecule has 2 aromatic carbocycles. The molecule has 3 aromatic rings. The summed E-state index contributed by atoms with van der Waals surface area (Å²) in [6.07, 6.45) is 1.19. The molecular weight excluding hydrogens is 376 g/mol. The largest absolute Gasteiger partial charge is 0.415 e. The van der Waals surface area contributed by atoms with Gasteiger partial charge in [0, 0.05) is 34.6 Å². The van der Waals surface area contributed by atoms with Gasteiger partial charge in [0.1, 0.15) is 0 Å². The Bertz CT molecular complexity index is 985. The second-order valence-electron chi connectivity index (χ2n) is 6.90. The Morgan fingerprint density at radius 3 is 2.54 bits per heavy atom. The van der Waals surface area contributed by atoms with Crippen molar-refractivity contribution in [2.45, 2.75) is 25.6 Å². The van der Waals surface area contributed by atoms with E-state index in [-0.39, 0.29) is 0 Å². The second kappa shape index (κ2) is 8.17. The first-order chi connectivity index (χ1) is 13.6. The lowest BCUT2D eigenvalue weighted by Gasteiger charge is -2.27. The molecule has 144 valence electrons. The van der Waals surface area contributed by atoms with Gasteiger partial charge >= 0.3 is 6.09 Å². The number of aromatic nitrogens is 1. The molecule has 1 saturated heterocycles. The van der Waals surface area contributed by atoms with Crippen LogP contribution < -0.4 is 0 Å². The number of benzene rings is 2. The number of carbonyl (C=O) groups is 1. The van der Waals surface area contributed by atoms with E-state index < -0.39 is 12.4 Å². The van der Waals surface area contributed by atoms with E-state index in [1.165, 1.54) is 0 Å². The lowest BCUT2D eigenvalue weighted by molar-refractivity contribution is -0.0672. The van der Waals surface area contributed by atoms with E-state index in [0.29, 0.717) is 29.4 Å². The normalized spacial score (nSPS) is 15.4. The van der Waals surface area contributed by atoms with E-state index in [9.17, 15) is 9.90 Å². The zero-order valence-corrected chi connectivity index (χ0v) is 16.1. The first-order valence-electron chi connectivity index (χ1n) is 9.41. The van der Waals surface area contributed by atoms with Gasteiger partial charge in [-0.25, -0.2) is 9.78 Å². The number of nitrogens with zero attached hydrogens (tertiary/aromatic N) is 2. The van der Waals surface area contributed by atoms with Crippen LogP contribution in [-0.2, 0) is 4.74 Å². The van der Waals surface area contributed by atoms with Crippen LogP contribution in [0.25, 0.3) is 22.2 Å². The van der Waals surface area contributed by atoms with Crippen molar-refractivity contribution in [3.05, 3.63) is 65.2 Å². The van der Waals surface area contributed by atoms with E-state index in [2.05, 4.69) is 4.98 Å². The number of piperidine rings is 1. The smallest absolute Gasteiger partial charge is 0.412 e. The summed E-state index contributed by atoms with van der Waals surface area (Å²) in [6, 6.07) is 16.6. The maximum absolute atomic E-state index is 12.4. The van der Waals surface area contributed by atoms with Gasteiger partial charge in [0.25, 0.3) is 0 Å². The monoisotopic (exact) mass is 396 g/mol. The van der Waals surface area contributed by atoms with Crippen molar-refractivity contribution in [1.82, 2.24) is 9.88 Å². The number of pyridine rings is 1. The van der Waals surface area contributed by atoms with Crippen LogP contribution in [0.4, 0.5) is 4.79 Å². The molecule has 1 aliphatic rings. The summed E-state index contributed by atoms with van der Waals surface area (Å²) in [7, 11) is 0. The van der Waals surface area contributed by atoms with Crippen LogP contribution in [0.5, 0.6) is 0 Å². The van der Waals surface area contributed by atoms with Crippen molar-refractivity contribution in [1.29, 1.82) is 0 Å². The topological polar surface area (TPSA) is 62.7 Å². The van der Waals surface area contributed by atoms with Gasteiger partial charge in [-0.2, -0.15) is 0 Å². The van der Waals surface area contributed by atoms with Crippen LogP contribution in [0, 0.1) is 0 Å². The van der Waals surface area contributed by atoms with E-state index in [1.807, 2.05) is 36.4 Å². The summed E-state index contributed by atoms with van der Waals surface area (Å²) in [4.78, 5) is 18.8. The van der Waals surface area contributed by atoms with Gasteiger partial charge in [-0.1, -0.05) is 41.9 Å². The molecular formula is C22H21ClN2O3. The highest BCUT2D eigenvalue weighted by Gasteiger charge is 2.23. The van der Waals surface area contributed by atoms with E-state index >= 15 is 0 Å². The number of halogens is 1. The van der Waals surface area contributed by atoms with Crippen LogP contribution in [0.3, 0.4) is 0 Å². The Morgan fingerprint density at radius 2 is 1.79 bits per heavy atom. The number of amides is 1. The van der Waals surface area contributed by atoms with Gasteiger partial charge in [-0.3, -0.25) is 0 Å². The van der Waals surface area contributed by atoms with Crippen LogP contribution in [0.1, 0.15) is 31.1 Å². The number of ether oxygens (including phenoxy) is 1. The zero-order chi connectivity index (χ0) is 19.5. The number of para-hydroxylation sites is 1. The predicted octanol–water partition coefficient (Wildman–Crippen LogP) is 5.17. The minimum Gasteiger partial charge on any atom is -0.415 e. The first-order valence-corrected chi connectivity index (χ1v) is 9.79. The molecule has 1 aromatic heterocycles. The first kappa shape index (κ1) is 18.7. The van der Waals surface area contributed by atoms with Gasteiger partial charge in [0.05, 0.1) is 11.2 Å². The van der Waals surface area contributed by atoms with E-state index in [0.717, 1.165) is 35.7 Å². The average molecular weight is 397 g/mol. The van der Waals surface area contributed by atoms with Crippen molar-refractivity contribution >= 4 is 28.6 Å². The number of carbonyl (C=O) groups excluding carboxylic acids is 1. The number of likely N-dealkylation sites (tertiary alicyclic amines) is 1. The van der Waals surface area contributed by atoms with Gasteiger partial charge in [0.2, 0.25) is 6.29 Å². The van der Waals surface area contributed by atoms with Crippen LogP contribution >= 0.6 is 11.6 Å². The number of hydrogen-bond donors (Lipinski definition) is 1. The molecule has 5 nitrogen and oxygen atoms in total. The summed E-state index contributed by atoms with van der Waals surface area (Å²) < 4.78 is 5.39. The van der Waals surface area contributed by atoms with Crippen molar-refractivity contribution in [3.8, 4) is 11.3 Å². The fourth-order valence-electron chi connectivity index (χ4n) is 3.49. The summed E-state index contributed by atoms with van der Waals surface area (Å²) in [5.74, 6) is 0. The van der Waals surface area contributed by atoms with Gasteiger partial charge in [-0.05, 0) is 43.5 Å². The second-order valence-corrected chi connectivity index (χ2v) is 7.34. The fourth-order valence-corrected chi connectivity index (χ4v) is 3.61. The van der Waals surface area contributed by atoms with Gasteiger partial charge in [0.15, 0.2) is 0 Å². The minimum atomic E-state index is -1.37. The zero-order valence-electron chi connectivity index (χ0n) is 15.3. The molecule has 0 bridgehead atoms. The highest BCUT2D eigenvalue weighted by atomic mass is 35.5. The van der Waals surface area contributed by atoms with Gasteiger partial charge < -0.3 is 14.7 Å². The lowest BCUT2D eigenvalue weighted by Crippen LogP contribution is -2.36. The third-order valence-corrected chi connectivity index (χ3v) is 5.23. The molecule has 1 N–H and O–H groups in total. The third-order valence-electron chi connectivity index (χ3n) is 4.98. The molecule has 2 heterocycles. The van der Waals surface area contributed by atoms with Crippen LogP contribution in [0.15, 0.2) is 54.6 Å². The van der Waals surface area contributed by atoms with Crippen molar-refractivity contribution in [2.24, 2.45) is 0 Å². The molecule has 6 heteroatoms. The highest BCUT2D eigenvalue weighted by molar-refractivity contribution is 6.30. The predicted molar refractivity (Wildman–Crippen MR) is 109 cm³/mol. The van der Waals surface area contributed by atoms with E-state index in [1.54, 1.807) is 23.1 Å². The quantitative estimate of drug-likeness (QED) is 0.620. The molecule has 1 aliphatic heterocycles. The molecule has 4 rings (SSSR count). The summed E-state index contributed by atoms with van der Waals surface area (Å²) >= 11 is 5.98. The minimum absolute atomic E-state index is 0.485. The summed E-state index contributed by atoms with van der Waals surface area (Å²) in [6.45, 7) is 1.33. The number of aliphatic hydroxyl groups excluding tert-OH is 1. The molecule has 28 heavy (non-hydrogen) atoms. The maximum Gasteiger partial charge on any atom is 0.412 e. The molecule has 0 unspecified atom stereocenters.